The number of piperidine rings is 2. The number of aromatic nitrogens is 2. The van der Waals surface area contributed by atoms with Crippen LogP contribution < -0.4 is 0 Å². The van der Waals surface area contributed by atoms with Gasteiger partial charge in [-0.3, -0.25) is 4.79 Å². The Labute approximate surface area is 178 Å². The molecule has 2 atom stereocenters. The predicted octanol–water partition coefficient (Wildman–Crippen LogP) is 2.22. The van der Waals surface area contributed by atoms with Crippen molar-refractivity contribution in [2.75, 3.05) is 32.5 Å². The van der Waals surface area contributed by atoms with Gasteiger partial charge in [-0.05, 0) is 44.9 Å². The van der Waals surface area contributed by atoms with Crippen molar-refractivity contribution in [3.8, 4) is 0 Å². The van der Waals surface area contributed by atoms with Crippen molar-refractivity contribution < 1.29 is 22.4 Å². The van der Waals surface area contributed by atoms with Crippen molar-refractivity contribution in [2.24, 2.45) is 0 Å². The zero-order valence-corrected chi connectivity index (χ0v) is 18.5. The van der Waals surface area contributed by atoms with E-state index in [1.165, 1.54) is 10.6 Å². The molecule has 4 rings (SSSR count). The summed E-state index contributed by atoms with van der Waals surface area (Å²) in [7, 11) is -3.32. The van der Waals surface area contributed by atoms with Gasteiger partial charge in [0.25, 0.3) is 0 Å². The van der Waals surface area contributed by atoms with Gasteiger partial charge in [0.2, 0.25) is 27.7 Å². The van der Waals surface area contributed by atoms with E-state index in [9.17, 15) is 13.2 Å². The normalized spacial score (nSPS) is 27.3. The summed E-state index contributed by atoms with van der Waals surface area (Å²) >= 11 is 0. The van der Waals surface area contributed by atoms with Crippen LogP contribution in [-0.2, 0) is 19.6 Å². The number of rotatable bonds is 5. The largest absolute Gasteiger partial charge is 0.423 e. The van der Waals surface area contributed by atoms with Crippen molar-refractivity contribution in [1.82, 2.24) is 19.4 Å². The van der Waals surface area contributed by atoms with Crippen molar-refractivity contribution in [1.29, 1.82) is 0 Å². The average molecular weight is 441 g/mol. The Morgan fingerprint density at radius 2 is 1.73 bits per heavy atom. The van der Waals surface area contributed by atoms with E-state index in [2.05, 4.69) is 10.2 Å². The third-order valence-corrected chi connectivity index (χ3v) is 7.78. The van der Waals surface area contributed by atoms with E-state index >= 15 is 0 Å². The molecule has 0 bridgehead atoms. The molecule has 30 heavy (non-hydrogen) atoms. The fourth-order valence-corrected chi connectivity index (χ4v) is 5.88. The van der Waals surface area contributed by atoms with Gasteiger partial charge in [-0.25, -0.2) is 8.42 Å². The van der Waals surface area contributed by atoms with Crippen molar-refractivity contribution in [2.45, 2.75) is 75.9 Å². The maximum absolute atomic E-state index is 12.6. The van der Waals surface area contributed by atoms with E-state index in [1.54, 1.807) is 0 Å². The summed E-state index contributed by atoms with van der Waals surface area (Å²) in [4.78, 5) is 14.5. The molecule has 1 amide bonds. The van der Waals surface area contributed by atoms with Crippen LogP contribution in [0.1, 0.15) is 81.5 Å². The van der Waals surface area contributed by atoms with Crippen LogP contribution in [0.25, 0.3) is 0 Å². The summed E-state index contributed by atoms with van der Waals surface area (Å²) in [5.41, 5.74) is 0. The van der Waals surface area contributed by atoms with Crippen molar-refractivity contribution in [3.05, 3.63) is 11.8 Å². The Morgan fingerprint density at radius 1 is 1.00 bits per heavy atom. The van der Waals surface area contributed by atoms with Crippen LogP contribution in [0.5, 0.6) is 0 Å². The number of ether oxygens (including phenoxy) is 1. The molecule has 1 aromatic rings. The summed E-state index contributed by atoms with van der Waals surface area (Å²) < 4.78 is 37.3. The molecule has 0 aliphatic carbocycles. The van der Waals surface area contributed by atoms with Crippen LogP contribution in [0.3, 0.4) is 0 Å². The molecular weight excluding hydrogens is 408 g/mol. The molecule has 4 heterocycles. The fraction of sp³-hybridized carbons (Fsp3) is 0.850. The van der Waals surface area contributed by atoms with Crippen LogP contribution in [0.4, 0.5) is 0 Å². The molecule has 0 radical (unpaired) electrons. The lowest BCUT2D eigenvalue weighted by molar-refractivity contribution is -0.136. The Hall–Kier alpha value is -1.52. The lowest BCUT2D eigenvalue weighted by Crippen LogP contribution is -2.40. The highest BCUT2D eigenvalue weighted by Gasteiger charge is 2.35. The number of carbonyl (C=O) groups excluding carboxylic acids is 1. The summed E-state index contributed by atoms with van der Waals surface area (Å²) in [6, 6.07) is -0.368. The second kappa shape index (κ2) is 9.32. The molecule has 0 saturated carbocycles. The van der Waals surface area contributed by atoms with Crippen LogP contribution in [0.15, 0.2) is 4.42 Å². The van der Waals surface area contributed by atoms with Crippen molar-refractivity contribution >= 4 is 15.9 Å². The molecular formula is C20H32N4O5S. The second-order valence-corrected chi connectivity index (χ2v) is 10.6. The summed E-state index contributed by atoms with van der Waals surface area (Å²) in [6.07, 6.45) is 9.01. The highest BCUT2D eigenvalue weighted by molar-refractivity contribution is 7.88. The molecule has 3 fully saturated rings. The zero-order valence-electron chi connectivity index (χ0n) is 17.7. The third-order valence-electron chi connectivity index (χ3n) is 6.49. The fourth-order valence-electron chi connectivity index (χ4n) is 4.76. The molecule has 3 saturated heterocycles. The molecule has 9 nitrogen and oxygen atoms in total. The van der Waals surface area contributed by atoms with E-state index in [0.29, 0.717) is 44.3 Å². The lowest BCUT2D eigenvalue weighted by atomic mass is 9.96. The highest BCUT2D eigenvalue weighted by atomic mass is 32.2. The number of likely N-dealkylation sites (tertiary alicyclic amines) is 1. The summed E-state index contributed by atoms with van der Waals surface area (Å²) in [5.74, 6) is 1.23. The van der Waals surface area contributed by atoms with Gasteiger partial charge in [0, 0.05) is 32.2 Å². The molecule has 168 valence electrons. The molecule has 10 heteroatoms. The maximum Gasteiger partial charge on any atom is 0.234 e. The van der Waals surface area contributed by atoms with Gasteiger partial charge >= 0.3 is 0 Å². The van der Waals surface area contributed by atoms with E-state index in [1.807, 2.05) is 4.90 Å². The van der Waals surface area contributed by atoms with Gasteiger partial charge in [0.05, 0.1) is 18.8 Å². The van der Waals surface area contributed by atoms with E-state index in [-0.39, 0.29) is 24.0 Å². The van der Waals surface area contributed by atoms with Gasteiger partial charge in [-0.15, -0.1) is 10.2 Å². The standard InChI is InChI=1S/C20H32N4O5S/c1-30(26,27)24-10-4-2-7-17(24)20-22-21-19(29-20)15-8-11-23(12-9-15)18(25)14-16-6-3-5-13-28-16/h15-17H,2-14H2,1H3/t16-,17+/m1/s1. The summed E-state index contributed by atoms with van der Waals surface area (Å²) in [5, 5.41) is 8.42. The van der Waals surface area contributed by atoms with Crippen LogP contribution in [-0.4, -0.2) is 72.3 Å². The molecule has 0 spiro atoms. The third kappa shape index (κ3) is 5.03. The quantitative estimate of drug-likeness (QED) is 0.691. The van der Waals surface area contributed by atoms with E-state index in [4.69, 9.17) is 9.15 Å². The summed E-state index contributed by atoms with van der Waals surface area (Å²) in [6.45, 7) is 2.60. The number of hydrogen-bond acceptors (Lipinski definition) is 7. The molecule has 0 N–H and O–H groups in total. The first-order chi connectivity index (χ1) is 14.4. The lowest BCUT2D eigenvalue weighted by Gasteiger charge is -2.32. The number of sulfonamides is 1. The maximum atomic E-state index is 12.6. The van der Waals surface area contributed by atoms with Crippen molar-refractivity contribution in [3.63, 3.8) is 0 Å². The molecule has 3 aliphatic heterocycles. The molecule has 1 aromatic heterocycles. The highest BCUT2D eigenvalue weighted by Crippen LogP contribution is 2.34. The van der Waals surface area contributed by atoms with E-state index < -0.39 is 10.0 Å². The van der Waals surface area contributed by atoms with Gasteiger partial charge in [0.15, 0.2) is 0 Å². The van der Waals surface area contributed by atoms with Crippen LogP contribution in [0.2, 0.25) is 0 Å². The smallest absolute Gasteiger partial charge is 0.234 e. The monoisotopic (exact) mass is 440 g/mol. The van der Waals surface area contributed by atoms with Gasteiger partial charge in [-0.2, -0.15) is 4.31 Å². The zero-order chi connectivity index (χ0) is 21.1. The number of amides is 1. The van der Waals surface area contributed by atoms with Gasteiger partial charge < -0.3 is 14.1 Å². The van der Waals surface area contributed by atoms with Crippen LogP contribution >= 0.6 is 0 Å². The van der Waals surface area contributed by atoms with Gasteiger partial charge in [-0.1, -0.05) is 6.42 Å². The molecule has 0 unspecified atom stereocenters. The van der Waals surface area contributed by atoms with E-state index in [0.717, 1.165) is 51.6 Å². The minimum Gasteiger partial charge on any atom is -0.423 e. The number of carbonyl (C=O) groups is 1. The predicted molar refractivity (Wildman–Crippen MR) is 109 cm³/mol. The topological polar surface area (TPSA) is 106 Å². The molecule has 0 aromatic carbocycles. The average Bonchev–Trinajstić information content (AvgIpc) is 3.24. The number of nitrogens with zero attached hydrogens (tertiary/aromatic N) is 4. The van der Waals surface area contributed by atoms with Crippen LogP contribution in [0, 0.1) is 0 Å². The Bertz CT molecular complexity index is 828. The SMILES string of the molecule is CS(=O)(=O)N1CCCC[C@H]1c1nnc(C2CCN(C(=O)C[C@H]3CCCCO3)CC2)o1. The number of hydrogen-bond donors (Lipinski definition) is 0. The molecule has 3 aliphatic rings. The Morgan fingerprint density at radius 3 is 2.43 bits per heavy atom. The Balaban J connectivity index is 1.33. The first-order valence-corrected chi connectivity index (χ1v) is 13.0. The second-order valence-electron chi connectivity index (χ2n) is 8.71. The minimum absolute atomic E-state index is 0.0655. The first kappa shape index (κ1) is 21.7. The van der Waals surface area contributed by atoms with Gasteiger partial charge in [0.1, 0.15) is 6.04 Å². The minimum atomic E-state index is -3.32. The Kier molecular flexibility index (Phi) is 6.74. The first-order valence-electron chi connectivity index (χ1n) is 11.1.